The maximum atomic E-state index is 12.0. The lowest BCUT2D eigenvalue weighted by molar-refractivity contribution is 0.0951. The van der Waals surface area contributed by atoms with Crippen molar-refractivity contribution in [1.82, 2.24) is 5.32 Å². The summed E-state index contributed by atoms with van der Waals surface area (Å²) in [5.74, 6) is 0.184. The number of nitrogen functional groups attached to an aromatic ring is 1. The van der Waals surface area contributed by atoms with Gasteiger partial charge in [0.15, 0.2) is 0 Å². The third kappa shape index (κ3) is 3.73. The molecule has 6 heteroatoms. The molecule has 2 unspecified atom stereocenters. The van der Waals surface area contributed by atoms with Gasteiger partial charge < -0.3 is 15.8 Å². The second-order valence-corrected chi connectivity index (χ2v) is 5.78. The van der Waals surface area contributed by atoms with Crippen molar-refractivity contribution in [3.05, 3.63) is 23.8 Å². The lowest BCUT2D eigenvalue weighted by atomic mass is 10.1. The standard InChI is InChI=1S/C12H18N2O3S/c1-8(18(3)16)7-14-12(15)10-6-9(13)4-5-11(10)17-2/h4-6,8H,7,13H2,1-3H3,(H,14,15). The molecule has 3 N–H and O–H groups in total. The van der Waals surface area contributed by atoms with Crippen LogP contribution in [0.5, 0.6) is 5.75 Å². The molecule has 0 aliphatic rings. The van der Waals surface area contributed by atoms with Crippen molar-refractivity contribution in [2.45, 2.75) is 12.2 Å². The number of hydrogen-bond donors (Lipinski definition) is 2. The second-order valence-electron chi connectivity index (χ2n) is 3.98. The van der Waals surface area contributed by atoms with Gasteiger partial charge in [-0.1, -0.05) is 0 Å². The lowest BCUT2D eigenvalue weighted by Gasteiger charge is -2.12. The summed E-state index contributed by atoms with van der Waals surface area (Å²) < 4.78 is 16.3. The van der Waals surface area contributed by atoms with Crippen molar-refractivity contribution in [3.8, 4) is 5.75 Å². The van der Waals surface area contributed by atoms with E-state index in [1.807, 2.05) is 6.92 Å². The number of rotatable bonds is 5. The molecule has 5 nitrogen and oxygen atoms in total. The van der Waals surface area contributed by atoms with E-state index in [1.54, 1.807) is 24.5 Å². The van der Waals surface area contributed by atoms with Crippen LogP contribution in [-0.2, 0) is 10.8 Å². The van der Waals surface area contributed by atoms with E-state index in [-0.39, 0.29) is 11.2 Å². The minimum atomic E-state index is -0.965. The summed E-state index contributed by atoms with van der Waals surface area (Å²) in [5.41, 5.74) is 6.51. The lowest BCUT2D eigenvalue weighted by Crippen LogP contribution is -2.32. The normalized spacial score (nSPS) is 13.7. The van der Waals surface area contributed by atoms with Crippen molar-refractivity contribution in [3.63, 3.8) is 0 Å². The number of nitrogens with one attached hydrogen (secondary N) is 1. The molecule has 1 amide bonds. The number of anilines is 1. The van der Waals surface area contributed by atoms with Crippen molar-refractivity contribution in [2.24, 2.45) is 0 Å². The van der Waals surface area contributed by atoms with Gasteiger partial charge in [0.25, 0.3) is 5.91 Å². The molecule has 0 radical (unpaired) electrons. The summed E-state index contributed by atoms with van der Waals surface area (Å²) >= 11 is 0. The predicted molar refractivity (Wildman–Crippen MR) is 73.3 cm³/mol. The van der Waals surface area contributed by atoms with Gasteiger partial charge in [-0.25, -0.2) is 0 Å². The van der Waals surface area contributed by atoms with E-state index in [2.05, 4.69) is 5.32 Å². The highest BCUT2D eigenvalue weighted by molar-refractivity contribution is 7.84. The number of hydrogen-bond acceptors (Lipinski definition) is 4. The largest absolute Gasteiger partial charge is 0.496 e. The van der Waals surface area contributed by atoms with E-state index >= 15 is 0 Å². The molecule has 0 heterocycles. The molecule has 0 saturated carbocycles. The third-order valence-corrected chi connectivity index (χ3v) is 3.88. The molecular weight excluding hydrogens is 252 g/mol. The summed E-state index contributed by atoms with van der Waals surface area (Å²) in [6.45, 7) is 2.16. The van der Waals surface area contributed by atoms with Crippen LogP contribution in [0.4, 0.5) is 5.69 Å². The zero-order valence-corrected chi connectivity index (χ0v) is 11.5. The van der Waals surface area contributed by atoms with Crippen LogP contribution < -0.4 is 15.8 Å². The van der Waals surface area contributed by atoms with Gasteiger partial charge in [0.2, 0.25) is 0 Å². The Kier molecular flexibility index (Phi) is 5.15. The number of nitrogens with two attached hydrogens (primary N) is 1. The number of carbonyl (C=O) groups excluding carboxylic acids is 1. The van der Waals surface area contributed by atoms with Crippen molar-refractivity contribution in [2.75, 3.05) is 25.6 Å². The van der Waals surface area contributed by atoms with E-state index in [0.29, 0.717) is 23.5 Å². The van der Waals surface area contributed by atoms with Crippen LogP contribution in [0.3, 0.4) is 0 Å². The molecular formula is C12H18N2O3S. The molecule has 1 aromatic carbocycles. The molecule has 18 heavy (non-hydrogen) atoms. The molecule has 0 spiro atoms. The summed E-state index contributed by atoms with van der Waals surface area (Å²) in [6, 6.07) is 4.87. The van der Waals surface area contributed by atoms with Crippen molar-refractivity contribution < 1.29 is 13.7 Å². The Morgan fingerprint density at radius 3 is 2.78 bits per heavy atom. The van der Waals surface area contributed by atoms with E-state index in [4.69, 9.17) is 10.5 Å². The molecule has 0 saturated heterocycles. The highest BCUT2D eigenvalue weighted by Crippen LogP contribution is 2.20. The van der Waals surface area contributed by atoms with Crippen LogP contribution in [0.15, 0.2) is 18.2 Å². The Balaban J connectivity index is 2.78. The average Bonchev–Trinajstić information content (AvgIpc) is 2.35. The molecule has 0 bridgehead atoms. The zero-order valence-electron chi connectivity index (χ0n) is 10.7. The number of amides is 1. The number of methoxy groups -OCH3 is 1. The van der Waals surface area contributed by atoms with Gasteiger partial charge >= 0.3 is 0 Å². The first-order valence-electron chi connectivity index (χ1n) is 5.49. The molecule has 0 aliphatic carbocycles. The van der Waals surface area contributed by atoms with Gasteiger partial charge in [-0.2, -0.15) is 0 Å². The van der Waals surface area contributed by atoms with E-state index in [1.165, 1.54) is 7.11 Å². The number of carbonyl (C=O) groups is 1. The number of ether oxygens (including phenoxy) is 1. The highest BCUT2D eigenvalue weighted by atomic mass is 32.2. The Morgan fingerprint density at radius 1 is 1.56 bits per heavy atom. The first-order valence-corrected chi connectivity index (χ1v) is 7.11. The minimum absolute atomic E-state index is 0.0963. The van der Waals surface area contributed by atoms with Crippen molar-refractivity contribution in [1.29, 1.82) is 0 Å². The molecule has 1 aromatic rings. The van der Waals surface area contributed by atoms with Gasteiger partial charge in [-0.15, -0.1) is 0 Å². The zero-order chi connectivity index (χ0) is 13.7. The topological polar surface area (TPSA) is 81.4 Å². The molecule has 1 rings (SSSR count). The average molecular weight is 270 g/mol. The van der Waals surface area contributed by atoms with Crippen LogP contribution in [0.25, 0.3) is 0 Å². The van der Waals surface area contributed by atoms with Crippen LogP contribution in [0, 0.1) is 0 Å². The van der Waals surface area contributed by atoms with Crippen LogP contribution in [0.1, 0.15) is 17.3 Å². The fraction of sp³-hybridized carbons (Fsp3) is 0.417. The summed E-state index contributed by atoms with van der Waals surface area (Å²) in [5, 5.41) is 2.62. The Labute approximate surface area is 109 Å². The Morgan fingerprint density at radius 2 is 2.22 bits per heavy atom. The smallest absolute Gasteiger partial charge is 0.255 e. The maximum Gasteiger partial charge on any atom is 0.255 e. The van der Waals surface area contributed by atoms with Gasteiger partial charge in [-0.05, 0) is 25.1 Å². The van der Waals surface area contributed by atoms with Crippen LogP contribution >= 0.6 is 0 Å². The highest BCUT2D eigenvalue weighted by Gasteiger charge is 2.14. The third-order valence-electron chi connectivity index (χ3n) is 2.58. The van der Waals surface area contributed by atoms with Gasteiger partial charge in [0, 0.05) is 34.5 Å². The molecule has 0 aromatic heterocycles. The first-order chi connectivity index (χ1) is 8.45. The van der Waals surface area contributed by atoms with E-state index < -0.39 is 10.8 Å². The Bertz CT molecular complexity index is 463. The Hall–Kier alpha value is -1.56. The molecule has 0 aliphatic heterocycles. The fourth-order valence-corrected chi connectivity index (χ4v) is 1.67. The number of benzene rings is 1. The van der Waals surface area contributed by atoms with E-state index in [9.17, 15) is 9.00 Å². The van der Waals surface area contributed by atoms with Crippen LogP contribution in [-0.4, -0.2) is 35.3 Å². The second kappa shape index (κ2) is 6.39. The van der Waals surface area contributed by atoms with Crippen LogP contribution in [0.2, 0.25) is 0 Å². The maximum absolute atomic E-state index is 12.0. The summed E-state index contributed by atoms with van der Waals surface area (Å²) in [7, 11) is 0.527. The molecule has 100 valence electrons. The fourth-order valence-electron chi connectivity index (χ4n) is 1.35. The molecule has 2 atom stereocenters. The predicted octanol–water partition coefficient (Wildman–Crippen LogP) is 0.774. The van der Waals surface area contributed by atoms with Crippen molar-refractivity contribution >= 4 is 22.4 Å². The first kappa shape index (κ1) is 14.5. The monoisotopic (exact) mass is 270 g/mol. The van der Waals surface area contributed by atoms with E-state index in [0.717, 1.165) is 0 Å². The summed E-state index contributed by atoms with van der Waals surface area (Å²) in [4.78, 5) is 12.0. The van der Waals surface area contributed by atoms with Gasteiger partial charge in [0.05, 0.1) is 12.7 Å². The summed E-state index contributed by atoms with van der Waals surface area (Å²) in [6.07, 6.45) is 1.61. The van der Waals surface area contributed by atoms with Gasteiger partial charge in [0.1, 0.15) is 5.75 Å². The SMILES string of the molecule is COc1ccc(N)cc1C(=O)NCC(C)S(C)=O. The molecule has 0 fully saturated rings. The minimum Gasteiger partial charge on any atom is -0.496 e. The van der Waals surface area contributed by atoms with Gasteiger partial charge in [-0.3, -0.25) is 9.00 Å². The quantitative estimate of drug-likeness (QED) is 0.775.